The smallest absolute Gasteiger partial charge is 0.411 e. The number of ether oxygens (including phenoxy) is 1. The van der Waals surface area contributed by atoms with E-state index in [0.717, 1.165) is 16.7 Å². The second kappa shape index (κ2) is 7.74. The highest BCUT2D eigenvalue weighted by molar-refractivity contribution is 5.96. The van der Waals surface area contributed by atoms with Crippen molar-refractivity contribution in [1.82, 2.24) is 4.90 Å². The zero-order chi connectivity index (χ0) is 20.5. The summed E-state index contributed by atoms with van der Waals surface area (Å²) in [5, 5.41) is 0. The summed E-state index contributed by atoms with van der Waals surface area (Å²) in [6.45, 7) is 7.80. The first-order chi connectivity index (χ1) is 13.2. The summed E-state index contributed by atoms with van der Waals surface area (Å²) in [5.74, 6) is -0.284. The molecule has 0 aliphatic carbocycles. The molecular formula is C23H26FNO3. The van der Waals surface area contributed by atoms with Gasteiger partial charge < -0.3 is 4.74 Å². The Morgan fingerprint density at radius 1 is 1.14 bits per heavy atom. The first kappa shape index (κ1) is 20.1. The number of benzene rings is 2. The molecule has 0 aromatic heterocycles. The molecule has 0 unspecified atom stereocenters. The molecule has 3 rings (SSSR count). The predicted molar refractivity (Wildman–Crippen MR) is 106 cm³/mol. The molecule has 1 heterocycles. The van der Waals surface area contributed by atoms with Crippen molar-refractivity contribution in [2.24, 2.45) is 0 Å². The monoisotopic (exact) mass is 383 g/mol. The number of carbonyl (C=O) groups excluding carboxylic acids is 2. The fourth-order valence-electron chi connectivity index (χ4n) is 3.51. The van der Waals surface area contributed by atoms with E-state index in [4.69, 9.17) is 4.74 Å². The van der Waals surface area contributed by atoms with Crippen LogP contribution in [0.1, 0.15) is 67.2 Å². The molecule has 0 saturated heterocycles. The fraction of sp³-hybridized carbons (Fsp3) is 0.391. The Morgan fingerprint density at radius 3 is 2.43 bits per heavy atom. The average Bonchev–Trinajstić information content (AvgIpc) is 2.65. The summed E-state index contributed by atoms with van der Waals surface area (Å²) in [7, 11) is 0. The van der Waals surface area contributed by atoms with E-state index < -0.39 is 17.7 Å². The zero-order valence-electron chi connectivity index (χ0n) is 16.8. The molecule has 0 spiro atoms. The van der Waals surface area contributed by atoms with Crippen LogP contribution in [0.15, 0.2) is 42.5 Å². The first-order valence-electron chi connectivity index (χ1n) is 9.60. The fourth-order valence-corrected chi connectivity index (χ4v) is 3.51. The molecule has 0 saturated carbocycles. The van der Waals surface area contributed by atoms with Crippen molar-refractivity contribution < 1.29 is 18.7 Å². The highest BCUT2D eigenvalue weighted by Crippen LogP contribution is 2.37. The van der Waals surface area contributed by atoms with Gasteiger partial charge in [-0.2, -0.15) is 0 Å². The van der Waals surface area contributed by atoms with Crippen molar-refractivity contribution in [3.05, 3.63) is 70.5 Å². The summed E-state index contributed by atoms with van der Waals surface area (Å²) in [6, 6.07) is 11.4. The summed E-state index contributed by atoms with van der Waals surface area (Å²) in [6.07, 6.45) is 0.669. The number of fused-ring (bicyclic) bond motifs is 1. The van der Waals surface area contributed by atoms with Crippen LogP contribution < -0.4 is 0 Å². The first-order valence-corrected chi connectivity index (χ1v) is 9.60. The molecule has 2 aromatic carbocycles. The molecule has 0 fully saturated rings. The number of Topliss-reactive ketones (excluding diaryl/α,β-unsaturated/α-hetero) is 1. The highest BCUT2D eigenvalue weighted by Gasteiger charge is 2.35. The molecule has 0 N–H and O–H groups in total. The summed E-state index contributed by atoms with van der Waals surface area (Å²) < 4.78 is 19.1. The van der Waals surface area contributed by atoms with Gasteiger partial charge in [0.15, 0.2) is 5.78 Å². The van der Waals surface area contributed by atoms with Crippen LogP contribution in [0.2, 0.25) is 0 Å². The third-order valence-corrected chi connectivity index (χ3v) is 4.83. The van der Waals surface area contributed by atoms with Crippen LogP contribution in [0.25, 0.3) is 0 Å². The van der Waals surface area contributed by atoms with E-state index in [9.17, 15) is 14.0 Å². The van der Waals surface area contributed by atoms with E-state index in [-0.39, 0.29) is 11.6 Å². The number of hydrogen-bond acceptors (Lipinski definition) is 3. The van der Waals surface area contributed by atoms with Crippen LogP contribution >= 0.6 is 0 Å². The standard InChI is InChI=1S/C23H26FNO3/c1-5-20(26)17-7-6-15-12-13-25(22(27)28-23(2,3)4)21(19(15)14-17)16-8-10-18(24)11-9-16/h6-11,14,21H,5,12-13H2,1-4H3/t21-/m0/s1. The Morgan fingerprint density at radius 2 is 1.82 bits per heavy atom. The minimum Gasteiger partial charge on any atom is -0.444 e. The molecule has 0 bridgehead atoms. The molecule has 1 amide bonds. The van der Waals surface area contributed by atoms with Gasteiger partial charge >= 0.3 is 6.09 Å². The van der Waals surface area contributed by atoms with Gasteiger partial charge in [0.25, 0.3) is 0 Å². The Hall–Kier alpha value is -2.69. The summed E-state index contributed by atoms with van der Waals surface area (Å²) >= 11 is 0. The van der Waals surface area contributed by atoms with E-state index in [0.29, 0.717) is 24.9 Å². The lowest BCUT2D eigenvalue weighted by molar-refractivity contribution is 0.0178. The Balaban J connectivity index is 2.09. The van der Waals surface area contributed by atoms with Crippen molar-refractivity contribution in [1.29, 1.82) is 0 Å². The van der Waals surface area contributed by atoms with E-state index in [1.54, 1.807) is 17.0 Å². The van der Waals surface area contributed by atoms with Crippen molar-refractivity contribution in [2.45, 2.75) is 52.2 Å². The lowest BCUT2D eigenvalue weighted by Crippen LogP contribution is -2.43. The van der Waals surface area contributed by atoms with E-state index in [1.807, 2.05) is 45.9 Å². The molecule has 1 aliphatic rings. The second-order valence-corrected chi connectivity index (χ2v) is 8.07. The number of hydrogen-bond donors (Lipinski definition) is 0. The molecule has 2 aromatic rings. The maximum absolute atomic E-state index is 13.5. The highest BCUT2D eigenvalue weighted by atomic mass is 19.1. The minimum absolute atomic E-state index is 0.0510. The average molecular weight is 383 g/mol. The van der Waals surface area contributed by atoms with Gasteiger partial charge in [-0.3, -0.25) is 9.69 Å². The van der Waals surface area contributed by atoms with Crippen molar-refractivity contribution in [2.75, 3.05) is 6.54 Å². The number of carbonyl (C=O) groups is 2. The Kier molecular flexibility index (Phi) is 5.54. The molecule has 1 atom stereocenters. The SMILES string of the molecule is CCC(=O)c1ccc2c(c1)[C@H](c1ccc(F)cc1)N(C(=O)OC(C)(C)C)CC2. The number of amides is 1. The summed E-state index contributed by atoms with van der Waals surface area (Å²) in [4.78, 5) is 26.8. The van der Waals surface area contributed by atoms with Gasteiger partial charge in [0.2, 0.25) is 0 Å². The molecule has 0 radical (unpaired) electrons. The van der Waals surface area contributed by atoms with Crippen molar-refractivity contribution >= 4 is 11.9 Å². The van der Waals surface area contributed by atoms with Crippen LogP contribution in [0.3, 0.4) is 0 Å². The topological polar surface area (TPSA) is 46.6 Å². The lowest BCUT2D eigenvalue weighted by atomic mass is 9.86. The molecule has 1 aliphatic heterocycles. The number of rotatable bonds is 3. The molecule has 28 heavy (non-hydrogen) atoms. The van der Waals surface area contributed by atoms with Crippen LogP contribution in [0.4, 0.5) is 9.18 Å². The molecule has 148 valence electrons. The minimum atomic E-state index is -0.620. The maximum Gasteiger partial charge on any atom is 0.411 e. The van der Waals surface area contributed by atoms with Gasteiger partial charge in [-0.15, -0.1) is 0 Å². The molecular weight excluding hydrogens is 357 g/mol. The third-order valence-electron chi connectivity index (χ3n) is 4.83. The van der Waals surface area contributed by atoms with Gasteiger partial charge in [-0.1, -0.05) is 31.2 Å². The quantitative estimate of drug-likeness (QED) is 0.676. The number of halogens is 1. The number of nitrogens with zero attached hydrogens (tertiary/aromatic N) is 1. The van der Waals surface area contributed by atoms with E-state index in [2.05, 4.69) is 0 Å². The van der Waals surface area contributed by atoms with E-state index >= 15 is 0 Å². The Bertz CT molecular complexity index is 884. The Labute approximate surface area is 165 Å². The van der Waals surface area contributed by atoms with Gasteiger partial charge in [-0.05, 0) is 62.1 Å². The van der Waals surface area contributed by atoms with E-state index in [1.165, 1.54) is 12.1 Å². The van der Waals surface area contributed by atoms with Gasteiger partial charge in [0, 0.05) is 18.5 Å². The lowest BCUT2D eigenvalue weighted by Gasteiger charge is -2.38. The zero-order valence-corrected chi connectivity index (χ0v) is 16.8. The van der Waals surface area contributed by atoms with Gasteiger partial charge in [-0.25, -0.2) is 9.18 Å². The number of ketones is 1. The molecule has 5 heteroatoms. The van der Waals surface area contributed by atoms with Gasteiger partial charge in [0.1, 0.15) is 11.4 Å². The maximum atomic E-state index is 13.5. The normalized spacial score (nSPS) is 16.5. The van der Waals surface area contributed by atoms with Crippen LogP contribution in [0.5, 0.6) is 0 Å². The summed E-state index contributed by atoms with van der Waals surface area (Å²) in [5.41, 5.74) is 2.77. The second-order valence-electron chi connectivity index (χ2n) is 8.07. The van der Waals surface area contributed by atoms with Crippen LogP contribution in [-0.2, 0) is 11.2 Å². The molecule has 4 nitrogen and oxygen atoms in total. The van der Waals surface area contributed by atoms with Gasteiger partial charge in [0.05, 0.1) is 6.04 Å². The van der Waals surface area contributed by atoms with Crippen molar-refractivity contribution in [3.63, 3.8) is 0 Å². The third kappa shape index (κ3) is 4.24. The van der Waals surface area contributed by atoms with Crippen LogP contribution in [-0.4, -0.2) is 28.9 Å². The van der Waals surface area contributed by atoms with Crippen LogP contribution in [0, 0.1) is 5.82 Å². The predicted octanol–water partition coefficient (Wildman–Crippen LogP) is 5.30. The van der Waals surface area contributed by atoms with Crippen molar-refractivity contribution in [3.8, 4) is 0 Å². The largest absolute Gasteiger partial charge is 0.444 e.